The van der Waals surface area contributed by atoms with Crippen molar-refractivity contribution in [1.29, 1.82) is 0 Å². The Bertz CT molecular complexity index is 770. The molecule has 6 heteroatoms. The van der Waals surface area contributed by atoms with Crippen molar-refractivity contribution < 1.29 is 9.90 Å². The van der Waals surface area contributed by atoms with E-state index >= 15 is 0 Å². The Labute approximate surface area is 140 Å². The largest absolute Gasteiger partial charge is 0.396 e. The summed E-state index contributed by atoms with van der Waals surface area (Å²) in [5.41, 5.74) is 0.915. The molecule has 1 saturated carbocycles. The molecular formula is C18H22N4O2. The van der Waals surface area contributed by atoms with E-state index in [0.717, 1.165) is 12.0 Å². The number of hydrogen-bond donors (Lipinski definition) is 2. The van der Waals surface area contributed by atoms with E-state index in [1.54, 1.807) is 0 Å². The smallest absolute Gasteiger partial charge is 0.291 e. The Morgan fingerprint density at radius 2 is 2.12 bits per heavy atom. The summed E-state index contributed by atoms with van der Waals surface area (Å²) in [5, 5.41) is 16.8. The molecule has 0 radical (unpaired) electrons. The second kappa shape index (κ2) is 5.14. The number of aromatic amines is 1. The number of likely N-dealkylation sites (tertiary alicyclic amines) is 1. The summed E-state index contributed by atoms with van der Waals surface area (Å²) in [6, 6.07) is 9.59. The molecule has 2 aliphatic rings. The molecule has 126 valence electrons. The van der Waals surface area contributed by atoms with Crippen LogP contribution in [0.2, 0.25) is 0 Å². The van der Waals surface area contributed by atoms with Crippen LogP contribution in [-0.2, 0) is 0 Å². The fraction of sp³-hybridized carbons (Fsp3) is 0.500. The van der Waals surface area contributed by atoms with Crippen LogP contribution in [0, 0.1) is 16.7 Å². The average Bonchev–Trinajstić information content (AvgIpc) is 3.18. The molecule has 2 N–H and O–H groups in total. The number of aromatic nitrogens is 3. The third-order valence-electron chi connectivity index (χ3n) is 5.72. The van der Waals surface area contributed by atoms with Crippen molar-refractivity contribution in [2.75, 3.05) is 19.7 Å². The van der Waals surface area contributed by atoms with E-state index in [0.29, 0.717) is 24.8 Å². The van der Waals surface area contributed by atoms with Crippen LogP contribution in [0.25, 0.3) is 11.4 Å². The van der Waals surface area contributed by atoms with Crippen LogP contribution in [0.15, 0.2) is 30.3 Å². The van der Waals surface area contributed by atoms with Crippen molar-refractivity contribution in [1.82, 2.24) is 20.1 Å². The van der Waals surface area contributed by atoms with E-state index in [-0.39, 0.29) is 29.2 Å². The predicted molar refractivity (Wildman–Crippen MR) is 89.1 cm³/mol. The zero-order valence-electron chi connectivity index (χ0n) is 14.0. The van der Waals surface area contributed by atoms with E-state index in [2.05, 4.69) is 29.0 Å². The van der Waals surface area contributed by atoms with Gasteiger partial charge in [-0.3, -0.25) is 9.89 Å². The highest BCUT2D eigenvalue weighted by atomic mass is 16.3. The highest BCUT2D eigenvalue weighted by Crippen LogP contribution is 2.62. The number of fused-ring (bicyclic) bond motifs is 1. The van der Waals surface area contributed by atoms with Gasteiger partial charge in [-0.1, -0.05) is 44.2 Å². The first-order valence-electron chi connectivity index (χ1n) is 8.33. The zero-order chi connectivity index (χ0) is 16.9. The van der Waals surface area contributed by atoms with E-state index in [4.69, 9.17) is 0 Å². The molecule has 2 heterocycles. The molecule has 1 saturated heterocycles. The molecule has 1 aromatic heterocycles. The Hall–Kier alpha value is -2.21. The molecule has 1 aliphatic heterocycles. The van der Waals surface area contributed by atoms with Gasteiger partial charge >= 0.3 is 0 Å². The van der Waals surface area contributed by atoms with Gasteiger partial charge in [-0.15, -0.1) is 0 Å². The summed E-state index contributed by atoms with van der Waals surface area (Å²) in [5.74, 6) is 0.998. The minimum Gasteiger partial charge on any atom is -0.396 e. The fourth-order valence-electron chi connectivity index (χ4n) is 4.72. The van der Waals surface area contributed by atoms with Gasteiger partial charge < -0.3 is 10.0 Å². The Morgan fingerprint density at radius 3 is 2.75 bits per heavy atom. The molecule has 1 aliphatic carbocycles. The lowest BCUT2D eigenvalue weighted by Crippen LogP contribution is -2.54. The number of hydrogen-bond acceptors (Lipinski definition) is 4. The second-order valence-corrected chi connectivity index (χ2v) is 7.80. The Kier molecular flexibility index (Phi) is 3.28. The van der Waals surface area contributed by atoms with E-state index in [1.807, 2.05) is 35.2 Å². The molecule has 0 spiro atoms. The summed E-state index contributed by atoms with van der Waals surface area (Å²) in [4.78, 5) is 19.0. The summed E-state index contributed by atoms with van der Waals surface area (Å²) in [6.07, 6.45) is 0.955. The molecule has 4 rings (SSSR count). The van der Waals surface area contributed by atoms with Crippen LogP contribution in [0.3, 0.4) is 0 Å². The number of benzene rings is 1. The highest BCUT2D eigenvalue weighted by molar-refractivity contribution is 5.91. The van der Waals surface area contributed by atoms with Crippen LogP contribution < -0.4 is 0 Å². The van der Waals surface area contributed by atoms with Gasteiger partial charge in [0, 0.05) is 24.1 Å². The van der Waals surface area contributed by atoms with Gasteiger partial charge in [0.1, 0.15) is 0 Å². The van der Waals surface area contributed by atoms with E-state index in [9.17, 15) is 9.90 Å². The number of aliphatic hydroxyl groups excluding tert-OH is 1. The molecule has 2 fully saturated rings. The van der Waals surface area contributed by atoms with Crippen molar-refractivity contribution >= 4 is 5.91 Å². The molecule has 24 heavy (non-hydrogen) atoms. The fourth-order valence-corrected chi connectivity index (χ4v) is 4.72. The summed E-state index contributed by atoms with van der Waals surface area (Å²) in [7, 11) is 0. The molecule has 0 bridgehead atoms. The number of carbonyl (C=O) groups is 1. The topological polar surface area (TPSA) is 82.1 Å². The van der Waals surface area contributed by atoms with Crippen LogP contribution in [0.4, 0.5) is 0 Å². The lowest BCUT2D eigenvalue weighted by molar-refractivity contribution is -0.0977. The molecular weight excluding hydrogens is 304 g/mol. The van der Waals surface area contributed by atoms with Crippen molar-refractivity contribution in [3.8, 4) is 11.4 Å². The number of carbonyl (C=O) groups excluding carboxylic acids is 1. The number of amides is 1. The van der Waals surface area contributed by atoms with Gasteiger partial charge in [-0.05, 0) is 17.8 Å². The summed E-state index contributed by atoms with van der Waals surface area (Å²) < 4.78 is 0. The van der Waals surface area contributed by atoms with E-state index in [1.165, 1.54) is 0 Å². The predicted octanol–water partition coefficient (Wildman–Crippen LogP) is 1.95. The van der Waals surface area contributed by atoms with Crippen LogP contribution in [0.5, 0.6) is 0 Å². The third kappa shape index (κ3) is 2.17. The second-order valence-electron chi connectivity index (χ2n) is 7.80. The van der Waals surface area contributed by atoms with Gasteiger partial charge in [-0.2, -0.15) is 5.10 Å². The maximum absolute atomic E-state index is 12.8. The standard InChI is InChI=1S/C18H22N4O2/c1-17(2)9-18(11-23)10-22(8-13(17)18)16(24)15-19-14(20-21-15)12-6-4-3-5-7-12/h3-7,13,23H,8-11H2,1-2H3,(H,19,20,21)/t13-,18-/m1/s1. The average molecular weight is 326 g/mol. The van der Waals surface area contributed by atoms with Gasteiger partial charge in [0.05, 0.1) is 6.61 Å². The van der Waals surface area contributed by atoms with Crippen molar-refractivity contribution in [2.45, 2.75) is 20.3 Å². The molecule has 2 atom stereocenters. The minimum atomic E-state index is -0.137. The van der Waals surface area contributed by atoms with Crippen molar-refractivity contribution in [2.24, 2.45) is 16.7 Å². The maximum Gasteiger partial charge on any atom is 0.291 e. The molecule has 1 aromatic carbocycles. The normalized spacial score (nSPS) is 27.6. The number of nitrogens with one attached hydrogen (secondary N) is 1. The first kappa shape index (κ1) is 15.3. The molecule has 0 unspecified atom stereocenters. The van der Waals surface area contributed by atoms with Gasteiger partial charge in [0.25, 0.3) is 5.91 Å². The summed E-state index contributed by atoms with van der Waals surface area (Å²) >= 11 is 0. The van der Waals surface area contributed by atoms with Gasteiger partial charge in [0.15, 0.2) is 5.82 Å². The zero-order valence-corrected chi connectivity index (χ0v) is 14.0. The number of nitrogens with zero attached hydrogens (tertiary/aromatic N) is 3. The quantitative estimate of drug-likeness (QED) is 0.903. The monoisotopic (exact) mass is 326 g/mol. The van der Waals surface area contributed by atoms with Crippen LogP contribution >= 0.6 is 0 Å². The third-order valence-corrected chi connectivity index (χ3v) is 5.72. The first-order chi connectivity index (χ1) is 11.5. The van der Waals surface area contributed by atoms with Crippen LogP contribution in [-0.4, -0.2) is 50.8 Å². The Morgan fingerprint density at radius 1 is 1.38 bits per heavy atom. The Balaban J connectivity index is 1.54. The minimum absolute atomic E-state index is 0.135. The molecule has 2 aromatic rings. The van der Waals surface area contributed by atoms with Crippen molar-refractivity contribution in [3.05, 3.63) is 36.2 Å². The molecule has 1 amide bonds. The number of aliphatic hydroxyl groups is 1. The van der Waals surface area contributed by atoms with Gasteiger partial charge in [-0.25, -0.2) is 4.98 Å². The van der Waals surface area contributed by atoms with E-state index < -0.39 is 0 Å². The van der Waals surface area contributed by atoms with Crippen molar-refractivity contribution in [3.63, 3.8) is 0 Å². The summed E-state index contributed by atoms with van der Waals surface area (Å²) in [6.45, 7) is 5.82. The maximum atomic E-state index is 12.8. The lowest BCUT2D eigenvalue weighted by atomic mass is 9.48. The molecule has 6 nitrogen and oxygen atoms in total. The number of H-pyrrole nitrogens is 1. The van der Waals surface area contributed by atoms with Gasteiger partial charge in [0.2, 0.25) is 5.82 Å². The lowest BCUT2D eigenvalue weighted by Gasteiger charge is -2.55. The van der Waals surface area contributed by atoms with Crippen LogP contribution in [0.1, 0.15) is 30.9 Å². The highest BCUT2D eigenvalue weighted by Gasteiger charge is 2.63. The number of rotatable bonds is 3. The first-order valence-corrected chi connectivity index (χ1v) is 8.33. The SMILES string of the molecule is CC1(C)C[C@]2(CO)CN(C(=O)c3nc(-c4ccccc4)n[nH]3)C[C@H]12.